The fourth-order valence-corrected chi connectivity index (χ4v) is 9.57. The number of aromatic nitrogens is 4. The zero-order valence-corrected chi connectivity index (χ0v) is 27.8. The highest BCUT2D eigenvalue weighted by molar-refractivity contribution is 7.27. The van der Waals surface area contributed by atoms with Crippen molar-refractivity contribution in [2.45, 2.75) is 0 Å². The quantitative estimate of drug-likeness (QED) is 0.172. The van der Waals surface area contributed by atoms with Crippen LogP contribution in [-0.4, -0.2) is 19.5 Å². The van der Waals surface area contributed by atoms with Crippen molar-refractivity contribution >= 4 is 108 Å². The molecule has 12 aromatic rings. The van der Waals surface area contributed by atoms with E-state index in [9.17, 15) is 0 Å². The Balaban J connectivity index is 1.30. The second-order valence-electron chi connectivity index (χ2n) is 13.2. The summed E-state index contributed by atoms with van der Waals surface area (Å²) in [6.07, 6.45) is 3.67. The number of thiophene rings is 1. The second kappa shape index (κ2) is 9.97. The van der Waals surface area contributed by atoms with E-state index < -0.39 is 0 Å². The Hall–Kier alpha value is -6.63. The highest BCUT2D eigenvalue weighted by Crippen LogP contribution is 2.48. The molecule has 0 aliphatic rings. The number of para-hydroxylation sites is 1. The van der Waals surface area contributed by atoms with Gasteiger partial charge in [0.2, 0.25) is 11.7 Å². The zero-order valence-electron chi connectivity index (χ0n) is 27.0. The van der Waals surface area contributed by atoms with Crippen LogP contribution in [0.4, 0.5) is 0 Å². The topological polar surface area (TPSA) is 56.7 Å². The monoisotopic (exact) mass is 668 g/mol. The van der Waals surface area contributed by atoms with Crippen molar-refractivity contribution < 1.29 is 4.42 Å². The van der Waals surface area contributed by atoms with Gasteiger partial charge in [0.25, 0.3) is 0 Å². The first-order valence-corrected chi connectivity index (χ1v) is 17.8. The number of furan rings is 1. The van der Waals surface area contributed by atoms with E-state index in [0.717, 1.165) is 60.2 Å². The van der Waals surface area contributed by atoms with Gasteiger partial charge in [-0.25, -0.2) is 4.98 Å². The van der Waals surface area contributed by atoms with Crippen LogP contribution in [0.15, 0.2) is 150 Å². The van der Waals surface area contributed by atoms with Crippen LogP contribution in [0.1, 0.15) is 0 Å². The molecule has 0 aliphatic carbocycles. The molecule has 12 rings (SSSR count). The van der Waals surface area contributed by atoms with Crippen molar-refractivity contribution in [3.63, 3.8) is 0 Å². The molecule has 0 atom stereocenters. The minimum atomic E-state index is 0.548. The van der Waals surface area contributed by atoms with Gasteiger partial charge in [-0.3, -0.25) is 9.55 Å². The van der Waals surface area contributed by atoms with Gasteiger partial charge in [0.15, 0.2) is 0 Å². The highest BCUT2D eigenvalue weighted by Gasteiger charge is 2.24. The molecule has 0 saturated heterocycles. The van der Waals surface area contributed by atoms with Crippen molar-refractivity contribution in [3.8, 4) is 17.2 Å². The lowest BCUT2D eigenvalue weighted by Gasteiger charge is -2.13. The Morgan fingerprint density at radius 2 is 1.29 bits per heavy atom. The summed E-state index contributed by atoms with van der Waals surface area (Å²) in [6, 6.07) is 47.4. The van der Waals surface area contributed by atoms with Gasteiger partial charge in [0.1, 0.15) is 5.58 Å². The summed E-state index contributed by atoms with van der Waals surface area (Å²) in [6.45, 7) is 0. The van der Waals surface area contributed by atoms with Gasteiger partial charge in [-0.1, -0.05) is 97.1 Å². The molecule has 0 bridgehead atoms. The van der Waals surface area contributed by atoms with Crippen molar-refractivity contribution in [2.75, 3.05) is 0 Å². The molecule has 7 aromatic carbocycles. The van der Waals surface area contributed by atoms with Crippen LogP contribution in [-0.2, 0) is 0 Å². The Morgan fingerprint density at radius 1 is 0.549 bits per heavy atom. The zero-order chi connectivity index (χ0) is 33.2. The van der Waals surface area contributed by atoms with E-state index in [1.807, 2.05) is 23.6 Å². The average Bonchev–Trinajstić information content (AvgIpc) is 3.86. The highest BCUT2D eigenvalue weighted by atomic mass is 32.1. The van der Waals surface area contributed by atoms with Gasteiger partial charge in [-0.05, 0) is 57.9 Å². The van der Waals surface area contributed by atoms with Gasteiger partial charge >= 0.3 is 0 Å². The summed E-state index contributed by atoms with van der Waals surface area (Å²) >= 11 is 1.87. The minimum Gasteiger partial charge on any atom is -0.437 e. The number of hydrogen-bond donors (Lipinski definition) is 0. The number of benzene rings is 7. The van der Waals surface area contributed by atoms with Crippen molar-refractivity contribution in [3.05, 3.63) is 146 Å². The first-order chi connectivity index (χ1) is 25.3. The molecule has 51 heavy (non-hydrogen) atoms. The van der Waals surface area contributed by atoms with Crippen LogP contribution in [0.25, 0.3) is 114 Å². The normalized spacial score (nSPS) is 12.3. The number of nitrogens with zero attached hydrogens (tertiary/aromatic N) is 4. The summed E-state index contributed by atoms with van der Waals surface area (Å²) in [5, 5.41) is 13.9. The molecular weight excluding hydrogens is 645 g/mol. The molecule has 0 amide bonds. The third kappa shape index (κ3) is 3.66. The number of hydrogen-bond acceptors (Lipinski definition) is 5. The Bertz CT molecular complexity index is 3430. The molecule has 0 fully saturated rings. The number of rotatable bonds is 2. The maximum Gasteiger partial charge on any atom is 0.238 e. The minimum absolute atomic E-state index is 0.548. The first kappa shape index (κ1) is 27.2. The molecule has 5 heterocycles. The summed E-state index contributed by atoms with van der Waals surface area (Å²) in [4.78, 5) is 15.2. The molecule has 5 nitrogen and oxygen atoms in total. The molecular formula is C45H24N4OS. The first-order valence-electron chi connectivity index (χ1n) is 17.0. The largest absolute Gasteiger partial charge is 0.437 e. The Morgan fingerprint density at radius 3 is 2.16 bits per heavy atom. The summed E-state index contributed by atoms with van der Waals surface area (Å²) < 4.78 is 11.5. The molecule has 0 saturated carbocycles. The van der Waals surface area contributed by atoms with E-state index in [1.54, 1.807) is 6.20 Å². The third-order valence-corrected chi connectivity index (χ3v) is 11.7. The molecule has 236 valence electrons. The predicted octanol–water partition coefficient (Wildman–Crippen LogP) is 12.4. The summed E-state index contributed by atoms with van der Waals surface area (Å²) in [5.41, 5.74) is 5.15. The lowest BCUT2D eigenvalue weighted by atomic mass is 9.95. The van der Waals surface area contributed by atoms with Gasteiger partial charge in [0, 0.05) is 65.1 Å². The van der Waals surface area contributed by atoms with E-state index in [-0.39, 0.29) is 0 Å². The van der Waals surface area contributed by atoms with Crippen LogP contribution in [0.2, 0.25) is 0 Å². The molecule has 5 aromatic heterocycles. The van der Waals surface area contributed by atoms with Gasteiger partial charge in [0.05, 0.1) is 22.1 Å². The predicted molar refractivity (Wildman–Crippen MR) is 212 cm³/mol. The maximum absolute atomic E-state index is 6.66. The van der Waals surface area contributed by atoms with Crippen molar-refractivity contribution in [1.29, 1.82) is 0 Å². The Labute approximate surface area is 293 Å². The fraction of sp³-hybridized carbons (Fsp3) is 0. The van der Waals surface area contributed by atoms with Crippen LogP contribution in [0.5, 0.6) is 0 Å². The number of fused-ring (bicyclic) bond motifs is 16. The van der Waals surface area contributed by atoms with E-state index in [0.29, 0.717) is 11.7 Å². The van der Waals surface area contributed by atoms with Gasteiger partial charge < -0.3 is 4.42 Å². The van der Waals surface area contributed by atoms with Crippen LogP contribution < -0.4 is 0 Å². The molecule has 0 unspecified atom stereocenters. The van der Waals surface area contributed by atoms with Crippen LogP contribution in [0.3, 0.4) is 0 Å². The lowest BCUT2D eigenvalue weighted by Crippen LogP contribution is -2.03. The van der Waals surface area contributed by atoms with Gasteiger partial charge in [-0.2, -0.15) is 4.98 Å². The van der Waals surface area contributed by atoms with E-state index >= 15 is 0 Å². The molecule has 0 spiro atoms. The fourth-order valence-electron chi connectivity index (χ4n) is 8.31. The average molecular weight is 669 g/mol. The van der Waals surface area contributed by atoms with E-state index in [2.05, 4.69) is 137 Å². The lowest BCUT2D eigenvalue weighted by molar-refractivity contribution is 0.652. The summed E-state index contributed by atoms with van der Waals surface area (Å²) in [7, 11) is 0. The Kier molecular flexibility index (Phi) is 5.32. The molecule has 0 aliphatic heterocycles. The third-order valence-electron chi connectivity index (χ3n) is 10.5. The smallest absolute Gasteiger partial charge is 0.238 e. The number of pyridine rings is 1. The van der Waals surface area contributed by atoms with E-state index in [1.165, 1.54) is 41.7 Å². The molecule has 6 heteroatoms. The molecule has 0 radical (unpaired) electrons. The van der Waals surface area contributed by atoms with Crippen molar-refractivity contribution in [1.82, 2.24) is 19.5 Å². The maximum atomic E-state index is 6.66. The standard InChI is InChI=1S/C45H24N4OS/c1-2-11-26-23-36-34(22-25(26)10-1)40-41(27-12-9-21-46-24-27)47-45(48-44(40)50-36)49-35-17-7-5-13-28(35)30-19-20-33-38(42(30)49)29-14-3-4-15-31(29)43-39(33)32-16-6-8-18-37(32)51-43/h1-24H. The van der Waals surface area contributed by atoms with Crippen molar-refractivity contribution in [2.24, 2.45) is 0 Å². The second-order valence-corrected chi connectivity index (χ2v) is 14.2. The molecule has 0 N–H and O–H groups in total. The van der Waals surface area contributed by atoms with Crippen LogP contribution in [0, 0.1) is 0 Å². The van der Waals surface area contributed by atoms with Gasteiger partial charge in [-0.15, -0.1) is 11.3 Å². The summed E-state index contributed by atoms with van der Waals surface area (Å²) in [5.74, 6) is 0.558. The van der Waals surface area contributed by atoms with E-state index in [4.69, 9.17) is 14.4 Å². The van der Waals surface area contributed by atoms with Crippen LogP contribution >= 0.6 is 11.3 Å². The SMILES string of the molecule is c1cncc(-c2nc(-n3c4ccccc4c4ccc5c6c7ccccc7sc6c6ccccc6c5c43)nc3oc4cc5ccccc5cc4c23)c1.